The zero-order valence-corrected chi connectivity index (χ0v) is 17.2. The first-order chi connectivity index (χ1) is 13.9. The maximum absolute atomic E-state index is 5.76. The molecule has 9 heteroatoms. The number of hydrogen-bond acceptors (Lipinski definition) is 7. The molecule has 0 saturated carbocycles. The molecule has 9 nitrogen and oxygen atoms in total. The van der Waals surface area contributed by atoms with Crippen molar-refractivity contribution in [3.05, 3.63) is 11.9 Å². The van der Waals surface area contributed by atoms with E-state index in [0.717, 1.165) is 25.1 Å². The lowest BCUT2D eigenvalue weighted by atomic mass is 10.3. The number of aryl methyl sites for hydroxylation is 1. The molecule has 0 amide bonds. The van der Waals surface area contributed by atoms with E-state index >= 15 is 0 Å². The summed E-state index contributed by atoms with van der Waals surface area (Å²) in [6.45, 7) is 10.4. The molecule has 1 aromatic heterocycles. The number of hydrogen-bond donors (Lipinski definition) is 0. The van der Waals surface area contributed by atoms with Crippen molar-refractivity contribution in [1.29, 1.82) is 0 Å². The van der Waals surface area contributed by atoms with Crippen LogP contribution in [0.25, 0.3) is 0 Å². The Morgan fingerprint density at radius 1 is 0.786 bits per heavy atom. The summed E-state index contributed by atoms with van der Waals surface area (Å²) in [4.78, 5) is 0. The minimum atomic E-state index is 0.506. The highest BCUT2D eigenvalue weighted by Crippen LogP contribution is 2.00. The summed E-state index contributed by atoms with van der Waals surface area (Å²) in [5.41, 5.74) is 1.04. The van der Waals surface area contributed by atoms with Crippen LogP contribution in [0.15, 0.2) is 6.20 Å². The molecule has 0 fully saturated rings. The predicted molar refractivity (Wildman–Crippen MR) is 101 cm³/mol. The van der Waals surface area contributed by atoms with Gasteiger partial charge in [-0.05, 0) is 6.42 Å². The van der Waals surface area contributed by atoms with E-state index in [1.54, 1.807) is 0 Å². The van der Waals surface area contributed by atoms with Crippen LogP contribution >= 0.6 is 0 Å². The minimum Gasteiger partial charge on any atom is -0.377 e. The van der Waals surface area contributed by atoms with Crippen molar-refractivity contribution in [2.75, 3.05) is 72.7 Å². The predicted octanol–water partition coefficient (Wildman–Crippen LogP) is 0.584. The van der Waals surface area contributed by atoms with Crippen LogP contribution in [0.4, 0.5) is 0 Å². The molecule has 0 spiro atoms. The van der Waals surface area contributed by atoms with E-state index in [0.29, 0.717) is 85.8 Å². The third-order valence-electron chi connectivity index (χ3n) is 4.15. The van der Waals surface area contributed by atoms with E-state index in [1.165, 1.54) is 0 Å². The fourth-order valence-corrected chi connectivity index (χ4v) is 2.62. The number of aromatic nitrogens is 3. The molecule has 0 unspecified atom stereocenters. The summed E-state index contributed by atoms with van der Waals surface area (Å²) in [6.07, 6.45) is 4.30. The number of ether oxygens (including phenoxy) is 6. The molecule has 0 bridgehead atoms. The molecule has 0 aromatic carbocycles. The molecule has 0 N–H and O–H groups in total. The van der Waals surface area contributed by atoms with Crippen molar-refractivity contribution in [2.24, 2.45) is 0 Å². The molecule has 1 aromatic rings. The van der Waals surface area contributed by atoms with E-state index in [4.69, 9.17) is 28.4 Å². The highest BCUT2D eigenvalue weighted by molar-refractivity contribution is 4.88. The van der Waals surface area contributed by atoms with Gasteiger partial charge >= 0.3 is 0 Å². The van der Waals surface area contributed by atoms with Crippen LogP contribution in [0, 0.1) is 0 Å². The van der Waals surface area contributed by atoms with E-state index < -0.39 is 0 Å². The molecule has 1 aliphatic rings. The quantitative estimate of drug-likeness (QED) is 0.685. The lowest BCUT2D eigenvalue weighted by Crippen LogP contribution is -2.36. The van der Waals surface area contributed by atoms with Gasteiger partial charge in [0.15, 0.2) is 11.9 Å². The minimum absolute atomic E-state index is 0.506. The van der Waals surface area contributed by atoms with Crippen molar-refractivity contribution < 1.29 is 33.1 Å². The van der Waals surface area contributed by atoms with Crippen LogP contribution in [-0.4, -0.2) is 82.6 Å². The van der Waals surface area contributed by atoms with Gasteiger partial charge in [-0.25, -0.2) is 0 Å². The molecule has 0 aliphatic carbocycles. The van der Waals surface area contributed by atoms with Crippen LogP contribution < -0.4 is 4.68 Å². The monoisotopic (exact) mass is 402 g/mol. The first-order valence-electron chi connectivity index (χ1n) is 10.3. The van der Waals surface area contributed by atoms with E-state index in [9.17, 15) is 0 Å². The molecular weight excluding hydrogens is 366 g/mol. The molecule has 0 atom stereocenters. The lowest BCUT2D eigenvalue weighted by molar-refractivity contribution is -0.755. The average Bonchev–Trinajstić information content (AvgIpc) is 3.09. The highest BCUT2D eigenvalue weighted by Gasteiger charge is 2.15. The second kappa shape index (κ2) is 15.8. The maximum Gasteiger partial charge on any atom is 0.193 e. The summed E-state index contributed by atoms with van der Waals surface area (Å²) in [5.74, 6) is 0. The Morgan fingerprint density at radius 3 is 1.82 bits per heavy atom. The Balaban J connectivity index is 1.80. The number of nitrogens with zero attached hydrogens (tertiary/aromatic N) is 3. The standard InChI is InChI=1S/C19H36N3O6/c1-2-3-4-21-17-19-18-28-16-15-27-14-13-26-12-11-25-10-9-24-8-7-23-6-5-22(19)20-21/h17H,2-16,18H2,1H3/q+1. The zero-order chi connectivity index (χ0) is 19.7. The summed E-state index contributed by atoms with van der Waals surface area (Å²) in [5, 5.41) is 4.63. The lowest BCUT2D eigenvalue weighted by Gasteiger charge is -2.07. The van der Waals surface area contributed by atoms with Gasteiger partial charge in [0.05, 0.1) is 77.9 Å². The molecule has 2 rings (SSSR count). The van der Waals surface area contributed by atoms with Crippen LogP contribution in [-0.2, 0) is 48.1 Å². The van der Waals surface area contributed by atoms with Crippen LogP contribution in [0.5, 0.6) is 0 Å². The fourth-order valence-electron chi connectivity index (χ4n) is 2.62. The van der Waals surface area contributed by atoms with Gasteiger partial charge in [0, 0.05) is 0 Å². The van der Waals surface area contributed by atoms with Crippen molar-refractivity contribution in [3.63, 3.8) is 0 Å². The van der Waals surface area contributed by atoms with Crippen LogP contribution in [0.2, 0.25) is 0 Å². The van der Waals surface area contributed by atoms with Gasteiger partial charge in [0.1, 0.15) is 19.7 Å². The van der Waals surface area contributed by atoms with Gasteiger partial charge < -0.3 is 28.4 Å². The second-order valence-electron chi connectivity index (χ2n) is 6.46. The van der Waals surface area contributed by atoms with Crippen molar-refractivity contribution in [3.8, 4) is 0 Å². The topological polar surface area (TPSA) is 77.1 Å². The Morgan fingerprint density at radius 2 is 1.29 bits per heavy atom. The van der Waals surface area contributed by atoms with Crippen molar-refractivity contribution >= 4 is 0 Å². The summed E-state index contributed by atoms with van der Waals surface area (Å²) in [7, 11) is 0. The summed E-state index contributed by atoms with van der Waals surface area (Å²) < 4.78 is 37.3. The largest absolute Gasteiger partial charge is 0.377 e. The third-order valence-corrected chi connectivity index (χ3v) is 4.15. The highest BCUT2D eigenvalue weighted by atomic mass is 16.6. The van der Waals surface area contributed by atoms with Gasteiger partial charge in [-0.1, -0.05) is 13.3 Å². The number of unbranched alkanes of at least 4 members (excludes halogenated alkanes) is 1. The number of fused-ring (bicyclic) bond motifs is 1. The van der Waals surface area contributed by atoms with Gasteiger partial charge in [-0.3, -0.25) is 0 Å². The SMILES string of the molecule is CCCC[n+]1cc2n(n1)CCOCCOCCOCCOCCOCCOC2. The van der Waals surface area contributed by atoms with Gasteiger partial charge in [0.25, 0.3) is 0 Å². The van der Waals surface area contributed by atoms with Crippen LogP contribution in [0.1, 0.15) is 25.5 Å². The first-order valence-corrected chi connectivity index (χ1v) is 10.3. The molecular formula is C19H36N3O6+. The molecule has 162 valence electrons. The fraction of sp³-hybridized carbons (Fsp3) is 0.895. The smallest absolute Gasteiger partial charge is 0.193 e. The Kier molecular flexibility index (Phi) is 13.1. The number of rotatable bonds is 3. The summed E-state index contributed by atoms with van der Waals surface area (Å²) >= 11 is 0. The molecule has 0 radical (unpaired) electrons. The van der Waals surface area contributed by atoms with Crippen molar-refractivity contribution in [1.82, 2.24) is 9.90 Å². The van der Waals surface area contributed by atoms with E-state index in [2.05, 4.69) is 18.3 Å². The van der Waals surface area contributed by atoms with Gasteiger partial charge in [0.2, 0.25) is 0 Å². The second-order valence-corrected chi connectivity index (χ2v) is 6.46. The maximum atomic E-state index is 5.76. The third kappa shape index (κ3) is 10.4. The molecule has 0 saturated heterocycles. The normalized spacial score (nSPS) is 20.2. The van der Waals surface area contributed by atoms with Gasteiger partial charge in [-0.2, -0.15) is 0 Å². The van der Waals surface area contributed by atoms with Crippen LogP contribution in [0.3, 0.4) is 0 Å². The van der Waals surface area contributed by atoms with Gasteiger partial charge in [-0.15, -0.1) is 9.36 Å². The Labute approximate surface area is 167 Å². The zero-order valence-electron chi connectivity index (χ0n) is 17.2. The van der Waals surface area contributed by atoms with E-state index in [1.807, 2.05) is 9.36 Å². The Hall–Kier alpha value is -1.10. The molecule has 1 aliphatic heterocycles. The first kappa shape index (κ1) is 23.2. The molecule has 2 heterocycles. The van der Waals surface area contributed by atoms with Crippen molar-refractivity contribution in [2.45, 2.75) is 39.5 Å². The average molecular weight is 403 g/mol. The van der Waals surface area contributed by atoms with E-state index in [-0.39, 0.29) is 0 Å². The molecule has 28 heavy (non-hydrogen) atoms. The Bertz CT molecular complexity index is 463. The summed E-state index contributed by atoms with van der Waals surface area (Å²) in [6, 6.07) is 0.